The summed E-state index contributed by atoms with van der Waals surface area (Å²) < 4.78 is 22.8. The van der Waals surface area contributed by atoms with Gasteiger partial charge in [0.2, 0.25) is 0 Å². The molecule has 0 bridgehead atoms. The van der Waals surface area contributed by atoms with E-state index in [9.17, 15) is 0 Å². The van der Waals surface area contributed by atoms with Crippen molar-refractivity contribution in [3.63, 3.8) is 0 Å². The quantitative estimate of drug-likeness (QED) is 0.263. The van der Waals surface area contributed by atoms with Crippen molar-refractivity contribution in [3.8, 4) is 0 Å². The highest BCUT2D eigenvalue weighted by molar-refractivity contribution is 6.46. The van der Waals surface area contributed by atoms with Gasteiger partial charge in [0.15, 0.2) is 0 Å². The van der Waals surface area contributed by atoms with Crippen molar-refractivity contribution in [1.82, 2.24) is 0 Å². The molecule has 0 aromatic heterocycles. The fourth-order valence-corrected chi connectivity index (χ4v) is 4.15. The molecule has 0 amide bonds. The minimum Gasteiger partial charge on any atom is -0.396 e. The molecule has 1 aliphatic rings. The van der Waals surface area contributed by atoms with Crippen molar-refractivity contribution in [2.24, 2.45) is 0 Å². The van der Waals surface area contributed by atoms with E-state index in [1.54, 1.807) is 0 Å². The van der Waals surface area contributed by atoms with Crippen LogP contribution in [0.5, 0.6) is 0 Å². The Morgan fingerprint density at radius 3 is 2.19 bits per heavy atom. The van der Waals surface area contributed by atoms with Crippen molar-refractivity contribution in [3.05, 3.63) is 0 Å². The summed E-state index contributed by atoms with van der Waals surface area (Å²) in [7, 11) is -1.53. The maximum Gasteiger partial charge on any atom is 0.324 e. The summed E-state index contributed by atoms with van der Waals surface area (Å²) in [6, 6.07) is 0. The van der Waals surface area contributed by atoms with Gasteiger partial charge >= 0.3 is 9.28 Å². The molecule has 0 radical (unpaired) electrons. The van der Waals surface area contributed by atoms with E-state index in [0.29, 0.717) is 11.6 Å². The number of unbranched alkanes of at least 4 members (excludes halogenated alkanes) is 2. The molecule has 21 heavy (non-hydrogen) atoms. The lowest BCUT2D eigenvalue weighted by molar-refractivity contribution is 0.111. The molecule has 0 aromatic rings. The van der Waals surface area contributed by atoms with Crippen LogP contribution < -0.4 is 0 Å². The van der Waals surface area contributed by atoms with Gasteiger partial charge in [-0.3, -0.25) is 0 Å². The summed E-state index contributed by atoms with van der Waals surface area (Å²) in [6.45, 7) is 10.9. The lowest BCUT2D eigenvalue weighted by Crippen LogP contribution is -2.29. The van der Waals surface area contributed by atoms with Crippen LogP contribution in [0, 0.1) is 0 Å². The fraction of sp³-hybridized carbons (Fsp3) is 1.00. The number of epoxide rings is 1. The van der Waals surface area contributed by atoms with Crippen LogP contribution in [-0.2, 0) is 18.3 Å². The van der Waals surface area contributed by atoms with Gasteiger partial charge in [-0.15, -0.1) is 0 Å². The summed E-state index contributed by atoms with van der Waals surface area (Å²) in [5, 5.41) is 0. The molecular weight excluding hydrogens is 284 g/mol. The molecule has 1 saturated heterocycles. The van der Waals surface area contributed by atoms with Crippen LogP contribution in [-0.4, -0.2) is 48.4 Å². The van der Waals surface area contributed by atoms with Crippen LogP contribution in [0.4, 0.5) is 0 Å². The zero-order valence-electron chi connectivity index (χ0n) is 14.1. The molecule has 2 atom stereocenters. The standard InChI is InChI=1S/C16H34O4Si/c1-4-6-11-19-21(20-12-7-5-2)15(3)9-8-10-17-13-16-14-18-16/h15-16,21H,4-14H2,1-3H3. The third-order valence-electron chi connectivity index (χ3n) is 3.68. The Morgan fingerprint density at radius 1 is 1.05 bits per heavy atom. The van der Waals surface area contributed by atoms with Crippen LogP contribution in [0.25, 0.3) is 0 Å². The summed E-state index contributed by atoms with van der Waals surface area (Å²) in [6.07, 6.45) is 7.24. The molecule has 2 unspecified atom stereocenters. The van der Waals surface area contributed by atoms with Gasteiger partial charge in [-0.25, -0.2) is 0 Å². The van der Waals surface area contributed by atoms with Crippen LogP contribution >= 0.6 is 0 Å². The Labute approximate surface area is 132 Å². The summed E-state index contributed by atoms with van der Waals surface area (Å²) >= 11 is 0. The molecule has 0 aliphatic carbocycles. The van der Waals surface area contributed by atoms with Gasteiger partial charge in [0, 0.05) is 19.8 Å². The largest absolute Gasteiger partial charge is 0.396 e. The van der Waals surface area contributed by atoms with Crippen molar-refractivity contribution in [2.45, 2.75) is 70.9 Å². The Morgan fingerprint density at radius 2 is 1.67 bits per heavy atom. The van der Waals surface area contributed by atoms with Gasteiger partial charge in [-0.2, -0.15) is 0 Å². The molecule has 0 spiro atoms. The van der Waals surface area contributed by atoms with Crippen LogP contribution in [0.15, 0.2) is 0 Å². The minimum absolute atomic E-state index is 0.374. The highest BCUT2D eigenvalue weighted by Crippen LogP contribution is 2.19. The van der Waals surface area contributed by atoms with Gasteiger partial charge in [-0.1, -0.05) is 33.6 Å². The van der Waals surface area contributed by atoms with E-state index < -0.39 is 9.28 Å². The van der Waals surface area contributed by atoms with Crippen molar-refractivity contribution in [2.75, 3.05) is 33.0 Å². The fourth-order valence-electron chi connectivity index (χ4n) is 2.09. The van der Waals surface area contributed by atoms with Crippen molar-refractivity contribution in [1.29, 1.82) is 0 Å². The Bertz CT molecular complexity index is 226. The Kier molecular flexibility index (Phi) is 11.4. The first kappa shape index (κ1) is 19.1. The summed E-state index contributed by atoms with van der Waals surface area (Å²) in [4.78, 5) is 0. The maximum atomic E-state index is 6.05. The zero-order chi connectivity index (χ0) is 15.3. The average Bonchev–Trinajstić information content (AvgIpc) is 3.29. The normalized spacial score (nSPS) is 19.1. The molecule has 0 saturated carbocycles. The second-order valence-electron chi connectivity index (χ2n) is 5.97. The molecule has 5 heteroatoms. The number of hydrogen-bond acceptors (Lipinski definition) is 4. The van der Waals surface area contributed by atoms with Crippen molar-refractivity contribution >= 4 is 9.28 Å². The predicted molar refractivity (Wildman–Crippen MR) is 88.1 cm³/mol. The zero-order valence-corrected chi connectivity index (χ0v) is 15.3. The van der Waals surface area contributed by atoms with E-state index >= 15 is 0 Å². The smallest absolute Gasteiger partial charge is 0.324 e. The van der Waals surface area contributed by atoms with E-state index in [2.05, 4.69) is 20.8 Å². The van der Waals surface area contributed by atoms with Gasteiger partial charge in [0.25, 0.3) is 0 Å². The monoisotopic (exact) mass is 318 g/mol. The van der Waals surface area contributed by atoms with Crippen molar-refractivity contribution < 1.29 is 18.3 Å². The van der Waals surface area contributed by atoms with Crippen LogP contribution in [0.2, 0.25) is 5.54 Å². The predicted octanol–water partition coefficient (Wildman–Crippen LogP) is 3.43. The SMILES string of the molecule is CCCCO[SiH](OCCCC)C(C)CCCOCC1CO1. The lowest BCUT2D eigenvalue weighted by Gasteiger charge is -2.22. The Hall–Kier alpha value is 0.0569. The van der Waals surface area contributed by atoms with Gasteiger partial charge in [-0.05, 0) is 31.2 Å². The first-order chi connectivity index (χ1) is 10.3. The molecule has 126 valence electrons. The second kappa shape index (κ2) is 12.6. The molecular formula is C16H34O4Si. The number of rotatable bonds is 15. The lowest BCUT2D eigenvalue weighted by atomic mass is 10.2. The third kappa shape index (κ3) is 10.4. The Balaban J connectivity index is 2.11. The number of hydrogen-bond donors (Lipinski definition) is 0. The van der Waals surface area contributed by atoms with Gasteiger partial charge in [0.1, 0.15) is 6.10 Å². The molecule has 0 N–H and O–H groups in total. The molecule has 1 aliphatic heterocycles. The molecule has 1 rings (SSSR count). The first-order valence-corrected chi connectivity index (χ1v) is 10.3. The average molecular weight is 319 g/mol. The summed E-state index contributed by atoms with van der Waals surface area (Å²) in [5.41, 5.74) is 0.555. The second-order valence-corrected chi connectivity index (χ2v) is 8.51. The molecule has 1 fully saturated rings. The topological polar surface area (TPSA) is 40.2 Å². The van der Waals surface area contributed by atoms with E-state index in [4.69, 9.17) is 18.3 Å². The van der Waals surface area contributed by atoms with Crippen LogP contribution in [0.1, 0.15) is 59.3 Å². The minimum atomic E-state index is -1.53. The molecule has 4 nitrogen and oxygen atoms in total. The highest BCUT2D eigenvalue weighted by atomic mass is 28.3. The van der Waals surface area contributed by atoms with E-state index in [1.807, 2.05) is 0 Å². The van der Waals surface area contributed by atoms with Gasteiger partial charge < -0.3 is 18.3 Å². The third-order valence-corrected chi connectivity index (χ3v) is 6.07. The van der Waals surface area contributed by atoms with Crippen LogP contribution in [0.3, 0.4) is 0 Å². The van der Waals surface area contributed by atoms with E-state index in [1.165, 1.54) is 12.8 Å². The number of ether oxygens (including phenoxy) is 2. The molecule has 0 aromatic carbocycles. The first-order valence-electron chi connectivity index (χ1n) is 8.70. The highest BCUT2D eigenvalue weighted by Gasteiger charge is 2.23. The van der Waals surface area contributed by atoms with E-state index in [0.717, 1.165) is 58.7 Å². The summed E-state index contributed by atoms with van der Waals surface area (Å²) in [5.74, 6) is 0. The van der Waals surface area contributed by atoms with Gasteiger partial charge in [0.05, 0.1) is 13.2 Å². The van der Waals surface area contributed by atoms with E-state index in [-0.39, 0.29) is 0 Å². The maximum absolute atomic E-state index is 6.05. The molecule has 1 heterocycles.